The minimum absolute atomic E-state index is 0.128. The standard InChI is InChI=1S/C15H14Cl3N/c1-2-15(13-7-6-11(17)9-14(13)18)19-12-5-3-4-10(16)8-12/h3-9,15,19H,2H2,1H3. The summed E-state index contributed by atoms with van der Waals surface area (Å²) >= 11 is 18.2. The van der Waals surface area contributed by atoms with Crippen molar-refractivity contribution in [3.8, 4) is 0 Å². The Morgan fingerprint density at radius 1 is 1.00 bits per heavy atom. The Bertz CT molecular complexity index is 569. The highest BCUT2D eigenvalue weighted by Crippen LogP contribution is 2.31. The van der Waals surface area contributed by atoms with Gasteiger partial charge in [-0.25, -0.2) is 0 Å². The maximum atomic E-state index is 6.25. The van der Waals surface area contributed by atoms with Gasteiger partial charge in [0.1, 0.15) is 0 Å². The third-order valence-corrected chi connectivity index (χ3v) is 3.71. The number of hydrogen-bond donors (Lipinski definition) is 1. The van der Waals surface area contributed by atoms with Gasteiger partial charge in [-0.1, -0.05) is 53.9 Å². The summed E-state index contributed by atoms with van der Waals surface area (Å²) in [5.74, 6) is 0. The van der Waals surface area contributed by atoms with Crippen molar-refractivity contribution >= 4 is 40.5 Å². The summed E-state index contributed by atoms with van der Waals surface area (Å²) in [7, 11) is 0. The number of halogens is 3. The molecular formula is C15H14Cl3N. The fourth-order valence-electron chi connectivity index (χ4n) is 1.96. The molecule has 0 amide bonds. The van der Waals surface area contributed by atoms with Gasteiger partial charge in [0, 0.05) is 20.8 Å². The quantitative estimate of drug-likeness (QED) is 0.707. The Hall–Kier alpha value is -0.890. The molecule has 0 radical (unpaired) electrons. The van der Waals surface area contributed by atoms with Gasteiger partial charge in [-0.2, -0.15) is 0 Å². The van der Waals surface area contributed by atoms with E-state index in [1.165, 1.54) is 0 Å². The van der Waals surface area contributed by atoms with Crippen LogP contribution in [0.5, 0.6) is 0 Å². The average Bonchev–Trinajstić information content (AvgIpc) is 2.37. The van der Waals surface area contributed by atoms with E-state index < -0.39 is 0 Å². The van der Waals surface area contributed by atoms with E-state index in [4.69, 9.17) is 34.8 Å². The molecule has 0 spiro atoms. The predicted molar refractivity (Wildman–Crippen MR) is 84.6 cm³/mol. The van der Waals surface area contributed by atoms with Crippen molar-refractivity contribution in [2.24, 2.45) is 0 Å². The lowest BCUT2D eigenvalue weighted by atomic mass is 10.0. The van der Waals surface area contributed by atoms with E-state index >= 15 is 0 Å². The molecule has 0 aromatic heterocycles. The first-order chi connectivity index (χ1) is 9.10. The molecule has 0 heterocycles. The molecule has 0 aliphatic rings. The van der Waals surface area contributed by atoms with Crippen molar-refractivity contribution in [3.05, 3.63) is 63.1 Å². The van der Waals surface area contributed by atoms with Crippen LogP contribution in [0, 0.1) is 0 Å². The second-order valence-electron chi connectivity index (χ2n) is 4.28. The summed E-state index contributed by atoms with van der Waals surface area (Å²) in [5, 5.41) is 5.46. The number of anilines is 1. The first-order valence-electron chi connectivity index (χ1n) is 6.07. The molecule has 0 aliphatic carbocycles. The molecule has 4 heteroatoms. The van der Waals surface area contributed by atoms with Gasteiger partial charge in [-0.05, 0) is 42.3 Å². The summed E-state index contributed by atoms with van der Waals surface area (Å²) in [5.41, 5.74) is 2.01. The van der Waals surface area contributed by atoms with Crippen LogP contribution in [0.3, 0.4) is 0 Å². The predicted octanol–water partition coefficient (Wildman–Crippen LogP) is 6.21. The minimum Gasteiger partial charge on any atom is -0.378 e. The summed E-state index contributed by atoms with van der Waals surface area (Å²) in [6.07, 6.45) is 0.911. The zero-order valence-electron chi connectivity index (χ0n) is 10.5. The van der Waals surface area contributed by atoms with Gasteiger partial charge in [-0.15, -0.1) is 0 Å². The zero-order chi connectivity index (χ0) is 13.8. The lowest BCUT2D eigenvalue weighted by Gasteiger charge is -2.20. The molecule has 0 fully saturated rings. The fourth-order valence-corrected chi connectivity index (χ4v) is 2.69. The monoisotopic (exact) mass is 313 g/mol. The van der Waals surface area contributed by atoms with Gasteiger partial charge in [0.05, 0.1) is 6.04 Å². The second-order valence-corrected chi connectivity index (χ2v) is 5.56. The molecule has 100 valence electrons. The van der Waals surface area contributed by atoms with E-state index in [0.717, 1.165) is 17.7 Å². The Morgan fingerprint density at radius 3 is 2.37 bits per heavy atom. The van der Waals surface area contributed by atoms with Crippen molar-refractivity contribution in [1.29, 1.82) is 0 Å². The zero-order valence-corrected chi connectivity index (χ0v) is 12.7. The summed E-state index contributed by atoms with van der Waals surface area (Å²) in [6.45, 7) is 2.10. The molecule has 0 bridgehead atoms. The lowest BCUT2D eigenvalue weighted by molar-refractivity contribution is 0.750. The normalized spacial score (nSPS) is 12.2. The summed E-state index contributed by atoms with van der Waals surface area (Å²) in [4.78, 5) is 0. The molecular weight excluding hydrogens is 301 g/mol. The van der Waals surface area contributed by atoms with Crippen LogP contribution in [0.25, 0.3) is 0 Å². The van der Waals surface area contributed by atoms with Gasteiger partial charge in [0.2, 0.25) is 0 Å². The highest BCUT2D eigenvalue weighted by molar-refractivity contribution is 6.35. The Morgan fingerprint density at radius 2 is 1.74 bits per heavy atom. The number of rotatable bonds is 4. The third kappa shape index (κ3) is 3.79. The molecule has 1 nitrogen and oxygen atoms in total. The van der Waals surface area contributed by atoms with Crippen LogP contribution in [0.4, 0.5) is 5.69 Å². The Labute approximate surface area is 128 Å². The number of hydrogen-bond acceptors (Lipinski definition) is 1. The first-order valence-corrected chi connectivity index (χ1v) is 7.20. The number of benzene rings is 2. The maximum absolute atomic E-state index is 6.25. The largest absolute Gasteiger partial charge is 0.378 e. The van der Waals surface area contributed by atoms with Crippen LogP contribution in [0.2, 0.25) is 15.1 Å². The van der Waals surface area contributed by atoms with E-state index in [9.17, 15) is 0 Å². The highest BCUT2D eigenvalue weighted by atomic mass is 35.5. The molecule has 2 aromatic carbocycles. The first kappa shape index (κ1) is 14.5. The molecule has 0 saturated heterocycles. The van der Waals surface area contributed by atoms with Gasteiger partial charge < -0.3 is 5.32 Å². The van der Waals surface area contributed by atoms with Crippen molar-refractivity contribution in [2.45, 2.75) is 19.4 Å². The van der Waals surface area contributed by atoms with E-state index in [-0.39, 0.29) is 6.04 Å². The van der Waals surface area contributed by atoms with Crippen molar-refractivity contribution < 1.29 is 0 Å². The van der Waals surface area contributed by atoms with Crippen LogP contribution in [0.15, 0.2) is 42.5 Å². The third-order valence-electron chi connectivity index (χ3n) is 2.91. The van der Waals surface area contributed by atoms with Crippen LogP contribution >= 0.6 is 34.8 Å². The van der Waals surface area contributed by atoms with Gasteiger partial charge >= 0.3 is 0 Å². The number of nitrogens with one attached hydrogen (secondary N) is 1. The fraction of sp³-hybridized carbons (Fsp3) is 0.200. The SMILES string of the molecule is CCC(Nc1cccc(Cl)c1)c1ccc(Cl)cc1Cl. The van der Waals surface area contributed by atoms with E-state index in [1.54, 1.807) is 6.07 Å². The van der Waals surface area contributed by atoms with E-state index in [1.807, 2.05) is 36.4 Å². The summed E-state index contributed by atoms with van der Waals surface area (Å²) < 4.78 is 0. The second kappa shape index (κ2) is 6.51. The molecule has 19 heavy (non-hydrogen) atoms. The molecule has 1 atom stereocenters. The maximum Gasteiger partial charge on any atom is 0.0525 e. The Balaban J connectivity index is 2.25. The molecule has 1 N–H and O–H groups in total. The van der Waals surface area contributed by atoms with Crippen LogP contribution < -0.4 is 5.32 Å². The van der Waals surface area contributed by atoms with E-state index in [2.05, 4.69) is 12.2 Å². The van der Waals surface area contributed by atoms with Crippen molar-refractivity contribution in [3.63, 3.8) is 0 Å². The molecule has 2 rings (SSSR count). The van der Waals surface area contributed by atoms with Crippen LogP contribution in [-0.4, -0.2) is 0 Å². The van der Waals surface area contributed by atoms with Crippen molar-refractivity contribution in [2.75, 3.05) is 5.32 Å². The van der Waals surface area contributed by atoms with Gasteiger partial charge in [-0.3, -0.25) is 0 Å². The molecule has 1 unspecified atom stereocenters. The minimum atomic E-state index is 0.128. The highest BCUT2D eigenvalue weighted by Gasteiger charge is 2.13. The molecule has 0 saturated carbocycles. The topological polar surface area (TPSA) is 12.0 Å². The lowest BCUT2D eigenvalue weighted by Crippen LogP contribution is -2.10. The summed E-state index contributed by atoms with van der Waals surface area (Å²) in [6, 6.07) is 13.3. The van der Waals surface area contributed by atoms with Gasteiger partial charge in [0.25, 0.3) is 0 Å². The molecule has 0 aliphatic heterocycles. The molecule has 2 aromatic rings. The smallest absolute Gasteiger partial charge is 0.0525 e. The van der Waals surface area contributed by atoms with E-state index in [0.29, 0.717) is 15.1 Å². The van der Waals surface area contributed by atoms with Crippen LogP contribution in [0.1, 0.15) is 24.9 Å². The van der Waals surface area contributed by atoms with Crippen LogP contribution in [-0.2, 0) is 0 Å². The van der Waals surface area contributed by atoms with Gasteiger partial charge in [0.15, 0.2) is 0 Å². The van der Waals surface area contributed by atoms with Crippen molar-refractivity contribution in [1.82, 2.24) is 0 Å². The Kier molecular flexibility index (Phi) is 4.98. The average molecular weight is 315 g/mol.